The number of unbranched alkanes of at least 4 members (excludes halogenated alkanes) is 2. The van der Waals surface area contributed by atoms with Gasteiger partial charge in [0.05, 0.1) is 35.0 Å². The number of benzene rings is 3. The summed E-state index contributed by atoms with van der Waals surface area (Å²) < 4.78 is 32.3. The molecule has 0 bridgehead atoms. The van der Waals surface area contributed by atoms with Crippen molar-refractivity contribution in [2.45, 2.75) is 58.6 Å². The van der Waals surface area contributed by atoms with Crippen molar-refractivity contribution in [3.63, 3.8) is 0 Å². The van der Waals surface area contributed by atoms with Gasteiger partial charge in [-0.3, -0.25) is 14.5 Å². The average molecular weight is 617 g/mol. The second-order valence-electron chi connectivity index (χ2n) is 10.9. The molecule has 1 fully saturated rings. The fourth-order valence-corrected chi connectivity index (χ4v) is 6.69. The Morgan fingerprint density at radius 2 is 1.91 bits per heavy atom. The lowest BCUT2D eigenvalue weighted by atomic mass is 9.94. The van der Waals surface area contributed by atoms with Gasteiger partial charge in [0.25, 0.3) is 5.78 Å². The van der Waals surface area contributed by atoms with E-state index in [4.69, 9.17) is 14.2 Å². The summed E-state index contributed by atoms with van der Waals surface area (Å²) in [5.41, 5.74) is 2.25. The van der Waals surface area contributed by atoms with E-state index in [0.717, 1.165) is 41.9 Å². The molecule has 10 heteroatoms. The summed E-state index contributed by atoms with van der Waals surface area (Å²) in [6.45, 7) is 6.83. The van der Waals surface area contributed by atoms with Crippen LogP contribution in [0.2, 0.25) is 0 Å². The van der Waals surface area contributed by atoms with Crippen LogP contribution in [0.1, 0.15) is 62.8 Å². The van der Waals surface area contributed by atoms with E-state index < -0.39 is 23.5 Å². The van der Waals surface area contributed by atoms with Gasteiger partial charge in [0.1, 0.15) is 23.4 Å². The van der Waals surface area contributed by atoms with Crippen molar-refractivity contribution in [1.82, 2.24) is 4.98 Å². The molecule has 2 aliphatic rings. The number of nitrogens with zero attached hydrogens (tertiary/aromatic N) is 2. The molecule has 1 N–H and O–H groups in total. The normalized spacial score (nSPS) is 19.0. The number of rotatable bonds is 10. The first-order valence-corrected chi connectivity index (χ1v) is 15.7. The summed E-state index contributed by atoms with van der Waals surface area (Å²) in [5, 5.41) is 11.9. The van der Waals surface area contributed by atoms with Crippen molar-refractivity contribution in [1.29, 1.82) is 0 Å². The van der Waals surface area contributed by atoms with Gasteiger partial charge in [0.15, 0.2) is 16.6 Å². The highest BCUT2D eigenvalue weighted by Crippen LogP contribution is 2.46. The molecular formula is C34H33FN2O6S. The van der Waals surface area contributed by atoms with Crippen LogP contribution >= 0.6 is 11.3 Å². The molecule has 3 aromatic carbocycles. The number of Topliss-reactive ketones (excluding diaryl/α,β-unsaturated/α-hetero) is 1. The van der Waals surface area contributed by atoms with Gasteiger partial charge in [-0.25, -0.2) is 9.37 Å². The molecule has 3 heterocycles. The van der Waals surface area contributed by atoms with E-state index in [2.05, 4.69) is 11.9 Å². The van der Waals surface area contributed by atoms with Crippen LogP contribution in [0.4, 0.5) is 9.52 Å². The Labute approximate surface area is 258 Å². The molecule has 228 valence electrons. The zero-order chi connectivity index (χ0) is 31.0. The highest BCUT2D eigenvalue weighted by Gasteiger charge is 2.48. The Balaban J connectivity index is 1.49. The third-order valence-corrected chi connectivity index (χ3v) is 8.77. The van der Waals surface area contributed by atoms with E-state index in [0.29, 0.717) is 52.5 Å². The van der Waals surface area contributed by atoms with Crippen molar-refractivity contribution in [2.75, 3.05) is 18.1 Å². The third kappa shape index (κ3) is 5.50. The number of aliphatic hydroxyl groups is 1. The largest absolute Gasteiger partial charge is 0.507 e. The number of aromatic nitrogens is 1. The van der Waals surface area contributed by atoms with Crippen LogP contribution < -0.4 is 19.1 Å². The lowest BCUT2D eigenvalue weighted by molar-refractivity contribution is -0.132. The first-order chi connectivity index (χ1) is 21.3. The number of ether oxygens (including phenoxy) is 3. The maximum absolute atomic E-state index is 14.0. The number of anilines is 1. The van der Waals surface area contributed by atoms with Gasteiger partial charge in [-0.15, -0.1) is 0 Å². The minimum atomic E-state index is -1.03. The summed E-state index contributed by atoms with van der Waals surface area (Å²) >= 11 is 1.10. The third-order valence-electron chi connectivity index (χ3n) is 7.75. The number of hydrogen-bond donors (Lipinski definition) is 1. The van der Waals surface area contributed by atoms with E-state index >= 15 is 0 Å². The minimum absolute atomic E-state index is 0.00320. The number of carbonyl (C=O) groups excluding carboxylic acids is 2. The van der Waals surface area contributed by atoms with Gasteiger partial charge < -0.3 is 19.3 Å². The van der Waals surface area contributed by atoms with Gasteiger partial charge in [0.2, 0.25) is 0 Å². The Bertz CT molecular complexity index is 1780. The number of thiazole rings is 1. The number of halogens is 1. The molecule has 0 aliphatic carbocycles. The van der Waals surface area contributed by atoms with Gasteiger partial charge in [0, 0.05) is 12.0 Å². The molecule has 8 nitrogen and oxygen atoms in total. The molecule has 1 amide bonds. The Morgan fingerprint density at radius 3 is 2.70 bits per heavy atom. The number of ketones is 1. The van der Waals surface area contributed by atoms with Crippen LogP contribution in [0.5, 0.6) is 17.2 Å². The summed E-state index contributed by atoms with van der Waals surface area (Å²) in [7, 11) is 0. The monoisotopic (exact) mass is 616 g/mol. The van der Waals surface area contributed by atoms with E-state index in [1.54, 1.807) is 36.4 Å². The molecule has 1 aromatic heterocycles. The lowest BCUT2D eigenvalue weighted by Crippen LogP contribution is -2.29. The molecule has 0 radical (unpaired) electrons. The first kappa shape index (κ1) is 29.6. The number of fused-ring (bicyclic) bond motifs is 2. The standard InChI is InChI=1S/C34H33FN2O6S/c1-4-6-7-14-42-26-13-8-20(17-27(26)41-5-2)30-29(31(38)21-9-12-25-22(16-21)15-19(3)43-25)32(39)33(40)37(30)34-36-24-11-10-23(35)18-28(24)44-34/h8-13,16-19,30,38H,4-7,14-15H2,1-3H3/b31-29+/t19-,30+/m0/s1. The van der Waals surface area contributed by atoms with E-state index in [1.165, 1.54) is 23.1 Å². The number of aliphatic hydroxyl groups excluding tert-OH is 1. The van der Waals surface area contributed by atoms with Crippen LogP contribution in [0.15, 0.2) is 60.2 Å². The molecule has 2 aliphatic heterocycles. The highest BCUT2D eigenvalue weighted by atomic mass is 32.1. The molecular weight excluding hydrogens is 583 g/mol. The summed E-state index contributed by atoms with van der Waals surface area (Å²) in [6.07, 6.45) is 3.65. The number of amides is 1. The minimum Gasteiger partial charge on any atom is -0.507 e. The molecule has 0 saturated carbocycles. The fraction of sp³-hybridized carbons (Fsp3) is 0.324. The van der Waals surface area contributed by atoms with Crippen LogP contribution in [0.25, 0.3) is 16.0 Å². The first-order valence-electron chi connectivity index (χ1n) is 14.9. The van der Waals surface area contributed by atoms with Crippen molar-refractivity contribution in [2.24, 2.45) is 0 Å². The van der Waals surface area contributed by atoms with Crippen LogP contribution in [-0.4, -0.2) is 41.1 Å². The van der Waals surface area contributed by atoms with Crippen LogP contribution in [0, 0.1) is 5.82 Å². The summed E-state index contributed by atoms with van der Waals surface area (Å²) in [6, 6.07) is 13.6. The van der Waals surface area contributed by atoms with E-state index in [-0.39, 0.29) is 22.6 Å². The van der Waals surface area contributed by atoms with Gasteiger partial charge >= 0.3 is 5.91 Å². The second kappa shape index (κ2) is 12.3. The van der Waals surface area contributed by atoms with Crippen molar-refractivity contribution < 1.29 is 33.3 Å². The van der Waals surface area contributed by atoms with E-state index in [1.807, 2.05) is 13.8 Å². The Morgan fingerprint density at radius 1 is 1.07 bits per heavy atom. The molecule has 0 unspecified atom stereocenters. The fourth-order valence-electron chi connectivity index (χ4n) is 5.68. The van der Waals surface area contributed by atoms with Crippen LogP contribution in [0.3, 0.4) is 0 Å². The molecule has 6 rings (SSSR count). The number of hydrogen-bond acceptors (Lipinski definition) is 8. The van der Waals surface area contributed by atoms with Crippen molar-refractivity contribution in [3.05, 3.63) is 82.7 Å². The summed E-state index contributed by atoms with van der Waals surface area (Å²) in [5.74, 6) is -0.689. The van der Waals surface area contributed by atoms with Crippen molar-refractivity contribution >= 4 is 44.1 Å². The average Bonchev–Trinajstić information content (AvgIpc) is 3.67. The number of carbonyl (C=O) groups is 2. The maximum atomic E-state index is 14.0. The lowest BCUT2D eigenvalue weighted by Gasteiger charge is -2.24. The van der Waals surface area contributed by atoms with Gasteiger partial charge in [-0.05, 0) is 79.9 Å². The van der Waals surface area contributed by atoms with Gasteiger partial charge in [-0.1, -0.05) is 37.2 Å². The highest BCUT2D eigenvalue weighted by molar-refractivity contribution is 7.22. The second-order valence-corrected chi connectivity index (χ2v) is 11.9. The Kier molecular flexibility index (Phi) is 8.27. The zero-order valence-corrected chi connectivity index (χ0v) is 25.6. The SMILES string of the molecule is CCCCCOc1ccc([C@@H]2/C(=C(\O)c3ccc4c(c3)C[C@H](C)O4)C(=O)C(=O)N2c2nc3ccc(F)cc3s2)cc1OCC. The maximum Gasteiger partial charge on any atom is 0.301 e. The zero-order valence-electron chi connectivity index (χ0n) is 24.8. The molecule has 2 atom stereocenters. The topological polar surface area (TPSA) is 98.2 Å². The molecule has 1 saturated heterocycles. The van der Waals surface area contributed by atoms with E-state index in [9.17, 15) is 19.1 Å². The predicted octanol–water partition coefficient (Wildman–Crippen LogP) is 7.35. The summed E-state index contributed by atoms with van der Waals surface area (Å²) in [4.78, 5) is 33.3. The molecule has 44 heavy (non-hydrogen) atoms. The van der Waals surface area contributed by atoms with Crippen molar-refractivity contribution in [3.8, 4) is 17.2 Å². The molecule has 0 spiro atoms. The Hall–Kier alpha value is -4.44. The quantitative estimate of drug-likeness (QED) is 0.0861. The smallest absolute Gasteiger partial charge is 0.301 e. The molecule has 4 aromatic rings. The predicted molar refractivity (Wildman–Crippen MR) is 167 cm³/mol. The van der Waals surface area contributed by atoms with Crippen LogP contribution in [-0.2, 0) is 16.0 Å². The van der Waals surface area contributed by atoms with Gasteiger partial charge in [-0.2, -0.15) is 0 Å².